The lowest BCUT2D eigenvalue weighted by Crippen LogP contribution is -2.50. The third-order valence-electron chi connectivity index (χ3n) is 2.28. The number of nitro groups is 1. The molecule has 7 nitrogen and oxygen atoms in total. The number of anilines is 1. The van der Waals surface area contributed by atoms with Crippen LogP contribution in [0.2, 0.25) is 0 Å². The third kappa shape index (κ3) is 4.02. The van der Waals surface area contributed by atoms with E-state index >= 15 is 0 Å². The fraction of sp³-hybridized carbons (Fsp3) is 0.364. The Bertz CT molecular complexity index is 459. The van der Waals surface area contributed by atoms with E-state index in [1.54, 1.807) is 19.9 Å². The van der Waals surface area contributed by atoms with Crippen LogP contribution in [0.4, 0.5) is 16.2 Å². The maximum atomic E-state index is 11.6. The Morgan fingerprint density at radius 2 is 2.17 bits per heavy atom. The number of amides is 2. The molecule has 0 bridgehead atoms. The molecule has 0 aliphatic rings. The molecule has 2 amide bonds. The molecule has 0 aromatic heterocycles. The van der Waals surface area contributed by atoms with Gasteiger partial charge in [-0.15, -0.1) is 0 Å². The van der Waals surface area contributed by atoms with Crippen molar-refractivity contribution < 1.29 is 9.72 Å². The molecule has 98 valence electrons. The molecule has 0 aliphatic carbocycles. The van der Waals surface area contributed by atoms with Crippen LogP contribution in [0.25, 0.3) is 0 Å². The van der Waals surface area contributed by atoms with E-state index in [1.807, 2.05) is 0 Å². The molecule has 1 aromatic rings. The minimum absolute atomic E-state index is 0.0779. The summed E-state index contributed by atoms with van der Waals surface area (Å²) in [5, 5.41) is 15.8. The summed E-state index contributed by atoms with van der Waals surface area (Å²) in [6.45, 7) is 3.84. The molecule has 7 heteroatoms. The van der Waals surface area contributed by atoms with E-state index in [-0.39, 0.29) is 12.2 Å². The van der Waals surface area contributed by atoms with Gasteiger partial charge in [0.05, 0.1) is 4.92 Å². The van der Waals surface area contributed by atoms with Crippen molar-refractivity contribution in [1.29, 1.82) is 0 Å². The standard InChI is InChI=1S/C11H16N4O3/c1-11(2,7-12)14-10(16)13-8-4-3-5-9(6-8)15(17)18/h3-6H,7,12H2,1-2H3,(H2,13,14,16). The van der Waals surface area contributed by atoms with Crippen LogP contribution in [0.3, 0.4) is 0 Å². The highest BCUT2D eigenvalue weighted by molar-refractivity contribution is 5.90. The van der Waals surface area contributed by atoms with Crippen LogP contribution in [0.1, 0.15) is 13.8 Å². The van der Waals surface area contributed by atoms with Gasteiger partial charge in [-0.3, -0.25) is 10.1 Å². The highest BCUT2D eigenvalue weighted by Crippen LogP contribution is 2.16. The van der Waals surface area contributed by atoms with Crippen molar-refractivity contribution in [2.75, 3.05) is 11.9 Å². The lowest BCUT2D eigenvalue weighted by atomic mass is 10.1. The molecular formula is C11H16N4O3. The van der Waals surface area contributed by atoms with E-state index in [1.165, 1.54) is 18.2 Å². The average Bonchev–Trinajstić information content (AvgIpc) is 2.28. The zero-order chi connectivity index (χ0) is 13.8. The molecule has 0 spiro atoms. The Hall–Kier alpha value is -2.15. The molecule has 0 unspecified atom stereocenters. The molecule has 1 aromatic carbocycles. The summed E-state index contributed by atoms with van der Waals surface area (Å²) in [7, 11) is 0. The SMILES string of the molecule is CC(C)(CN)NC(=O)Nc1cccc([N+](=O)[O-])c1. The van der Waals surface area contributed by atoms with Crippen molar-refractivity contribution in [2.24, 2.45) is 5.73 Å². The number of hydrogen-bond acceptors (Lipinski definition) is 4. The number of carbonyl (C=O) groups is 1. The van der Waals surface area contributed by atoms with Crippen molar-refractivity contribution in [2.45, 2.75) is 19.4 Å². The Morgan fingerprint density at radius 3 is 2.72 bits per heavy atom. The first-order valence-electron chi connectivity index (χ1n) is 5.38. The number of nitrogens with two attached hydrogens (primary N) is 1. The van der Waals surface area contributed by atoms with Gasteiger partial charge in [0.15, 0.2) is 0 Å². The summed E-state index contributed by atoms with van der Waals surface area (Å²) in [6, 6.07) is 5.26. The fourth-order valence-corrected chi connectivity index (χ4v) is 1.22. The smallest absolute Gasteiger partial charge is 0.319 e. The Kier molecular flexibility index (Phi) is 4.22. The predicted molar refractivity (Wildman–Crippen MR) is 68.4 cm³/mol. The highest BCUT2D eigenvalue weighted by Gasteiger charge is 2.18. The van der Waals surface area contributed by atoms with Gasteiger partial charge in [-0.05, 0) is 19.9 Å². The maximum absolute atomic E-state index is 11.6. The zero-order valence-electron chi connectivity index (χ0n) is 10.3. The van der Waals surface area contributed by atoms with E-state index in [4.69, 9.17) is 5.73 Å². The van der Waals surface area contributed by atoms with Crippen molar-refractivity contribution in [3.8, 4) is 0 Å². The first kappa shape index (κ1) is 13.9. The molecule has 0 fully saturated rings. The molecular weight excluding hydrogens is 236 g/mol. The van der Waals surface area contributed by atoms with Crippen LogP contribution in [-0.4, -0.2) is 23.0 Å². The number of rotatable bonds is 4. The Balaban J connectivity index is 2.70. The van der Waals surface area contributed by atoms with Gasteiger partial charge in [-0.25, -0.2) is 4.79 Å². The average molecular weight is 252 g/mol. The van der Waals surface area contributed by atoms with Gasteiger partial charge < -0.3 is 16.4 Å². The molecule has 4 N–H and O–H groups in total. The van der Waals surface area contributed by atoms with Gasteiger partial charge in [0.25, 0.3) is 5.69 Å². The molecule has 0 aliphatic heterocycles. The van der Waals surface area contributed by atoms with Crippen LogP contribution in [0.15, 0.2) is 24.3 Å². The van der Waals surface area contributed by atoms with E-state index < -0.39 is 16.5 Å². The van der Waals surface area contributed by atoms with E-state index in [9.17, 15) is 14.9 Å². The van der Waals surface area contributed by atoms with Gasteiger partial charge in [0.1, 0.15) is 0 Å². The number of urea groups is 1. The number of non-ortho nitro benzene ring substituents is 1. The number of nitrogens with one attached hydrogen (secondary N) is 2. The minimum Gasteiger partial charge on any atom is -0.332 e. The lowest BCUT2D eigenvalue weighted by molar-refractivity contribution is -0.384. The summed E-state index contributed by atoms with van der Waals surface area (Å²) in [5.41, 5.74) is 5.22. The van der Waals surface area contributed by atoms with Crippen LogP contribution < -0.4 is 16.4 Å². The molecule has 0 atom stereocenters. The molecule has 0 saturated heterocycles. The molecule has 1 rings (SSSR count). The maximum Gasteiger partial charge on any atom is 0.319 e. The summed E-state index contributed by atoms with van der Waals surface area (Å²) in [5.74, 6) is 0. The van der Waals surface area contributed by atoms with Gasteiger partial charge in [0, 0.05) is 29.9 Å². The third-order valence-corrected chi connectivity index (χ3v) is 2.28. The highest BCUT2D eigenvalue weighted by atomic mass is 16.6. The number of nitro benzene ring substituents is 1. The predicted octanol–water partition coefficient (Wildman–Crippen LogP) is 1.45. The Morgan fingerprint density at radius 1 is 1.50 bits per heavy atom. The quantitative estimate of drug-likeness (QED) is 0.556. The summed E-state index contributed by atoms with van der Waals surface area (Å²) < 4.78 is 0. The lowest BCUT2D eigenvalue weighted by Gasteiger charge is -2.24. The molecule has 18 heavy (non-hydrogen) atoms. The first-order valence-corrected chi connectivity index (χ1v) is 5.38. The van der Waals surface area contributed by atoms with Gasteiger partial charge in [0.2, 0.25) is 0 Å². The van der Waals surface area contributed by atoms with Crippen molar-refractivity contribution >= 4 is 17.4 Å². The van der Waals surface area contributed by atoms with Crippen molar-refractivity contribution in [3.63, 3.8) is 0 Å². The van der Waals surface area contributed by atoms with Gasteiger partial charge >= 0.3 is 6.03 Å². The first-order chi connectivity index (χ1) is 8.34. The number of benzene rings is 1. The van der Waals surface area contributed by atoms with Crippen LogP contribution >= 0.6 is 0 Å². The minimum atomic E-state index is -0.537. The van der Waals surface area contributed by atoms with E-state index in [0.717, 1.165) is 0 Å². The number of carbonyl (C=O) groups excluding carboxylic acids is 1. The van der Waals surface area contributed by atoms with Crippen molar-refractivity contribution in [1.82, 2.24) is 5.32 Å². The van der Waals surface area contributed by atoms with E-state index in [0.29, 0.717) is 5.69 Å². The number of nitrogens with zero attached hydrogens (tertiary/aromatic N) is 1. The second-order valence-corrected chi connectivity index (χ2v) is 4.47. The van der Waals surface area contributed by atoms with Gasteiger partial charge in [-0.2, -0.15) is 0 Å². The van der Waals surface area contributed by atoms with Crippen LogP contribution in [0.5, 0.6) is 0 Å². The summed E-state index contributed by atoms with van der Waals surface area (Å²) in [6.07, 6.45) is 0. The van der Waals surface area contributed by atoms with E-state index in [2.05, 4.69) is 10.6 Å². The normalized spacial score (nSPS) is 10.8. The number of hydrogen-bond donors (Lipinski definition) is 3. The molecule has 0 radical (unpaired) electrons. The summed E-state index contributed by atoms with van der Waals surface area (Å²) >= 11 is 0. The second kappa shape index (κ2) is 5.46. The monoisotopic (exact) mass is 252 g/mol. The van der Waals surface area contributed by atoms with Crippen LogP contribution in [0, 0.1) is 10.1 Å². The fourth-order valence-electron chi connectivity index (χ4n) is 1.22. The van der Waals surface area contributed by atoms with Gasteiger partial charge in [-0.1, -0.05) is 6.07 Å². The van der Waals surface area contributed by atoms with Crippen LogP contribution in [-0.2, 0) is 0 Å². The molecule has 0 heterocycles. The van der Waals surface area contributed by atoms with Crippen molar-refractivity contribution in [3.05, 3.63) is 34.4 Å². The zero-order valence-corrected chi connectivity index (χ0v) is 10.3. The Labute approximate surface area is 105 Å². The largest absolute Gasteiger partial charge is 0.332 e. The second-order valence-electron chi connectivity index (χ2n) is 4.47. The molecule has 0 saturated carbocycles. The summed E-state index contributed by atoms with van der Waals surface area (Å²) in [4.78, 5) is 21.7. The topological polar surface area (TPSA) is 110 Å².